The molecule has 0 saturated heterocycles. The van der Waals surface area contributed by atoms with Crippen LogP contribution in [-0.2, 0) is 4.79 Å². The molecule has 17 heavy (non-hydrogen) atoms. The summed E-state index contributed by atoms with van der Waals surface area (Å²) < 4.78 is 0. The molecule has 0 N–H and O–H groups in total. The lowest BCUT2D eigenvalue weighted by molar-refractivity contribution is -0.123. The largest absolute Gasteiger partial charge is 0.300 e. The molecule has 1 fully saturated rings. The minimum Gasteiger partial charge on any atom is -0.300 e. The molecule has 1 saturated carbocycles. The van der Waals surface area contributed by atoms with Gasteiger partial charge in [-0.25, -0.2) is 0 Å². The number of nitrogens with zero attached hydrogens (tertiary/aromatic N) is 1. The summed E-state index contributed by atoms with van der Waals surface area (Å²) in [6.45, 7) is 4.31. The summed E-state index contributed by atoms with van der Waals surface area (Å²) in [5, 5.41) is 8.76. The molecule has 1 aliphatic carbocycles. The van der Waals surface area contributed by atoms with Crippen LogP contribution in [0, 0.1) is 16.7 Å². The molecule has 0 unspecified atom stereocenters. The van der Waals surface area contributed by atoms with Gasteiger partial charge in [0.15, 0.2) is 0 Å². The van der Waals surface area contributed by atoms with E-state index in [2.05, 4.69) is 19.9 Å². The number of nitriles is 1. The first-order valence-electron chi connectivity index (χ1n) is 6.02. The monoisotopic (exact) mass is 227 g/mol. The highest BCUT2D eigenvalue weighted by molar-refractivity contribution is 5.81. The maximum absolute atomic E-state index is 11.7. The molecule has 1 aromatic carbocycles. The van der Waals surface area contributed by atoms with E-state index in [-0.39, 0.29) is 5.41 Å². The maximum Gasteiger partial charge on any atom is 0.134 e. The predicted octanol–water partition coefficient (Wildman–Crippen LogP) is 3.42. The predicted molar refractivity (Wildman–Crippen MR) is 66.5 cm³/mol. The maximum atomic E-state index is 11.7. The van der Waals surface area contributed by atoms with Crippen LogP contribution in [0.15, 0.2) is 24.3 Å². The summed E-state index contributed by atoms with van der Waals surface area (Å²) in [4.78, 5) is 11.7. The van der Waals surface area contributed by atoms with Crippen molar-refractivity contribution in [1.29, 1.82) is 5.26 Å². The van der Waals surface area contributed by atoms with Crippen molar-refractivity contribution in [3.63, 3.8) is 0 Å². The molecule has 0 radical (unpaired) electrons. The summed E-state index contributed by atoms with van der Waals surface area (Å²) in [6, 6.07) is 9.75. The lowest BCUT2D eigenvalue weighted by Crippen LogP contribution is -2.27. The lowest BCUT2D eigenvalue weighted by atomic mass is 9.69. The SMILES string of the molecule is CC1(C)CC(=O)C[C@@H](c2ccc(C#N)cc2)C1. The van der Waals surface area contributed by atoms with Gasteiger partial charge in [-0.1, -0.05) is 26.0 Å². The topological polar surface area (TPSA) is 40.9 Å². The number of Topliss-reactive ketones (excluding diaryl/α,β-unsaturated/α-hetero) is 1. The molecule has 0 aromatic heterocycles. The van der Waals surface area contributed by atoms with Crippen molar-refractivity contribution in [2.45, 2.75) is 39.0 Å². The number of ketones is 1. The van der Waals surface area contributed by atoms with Crippen molar-refractivity contribution < 1.29 is 4.79 Å². The first-order valence-corrected chi connectivity index (χ1v) is 6.02. The number of rotatable bonds is 1. The molecule has 0 spiro atoms. The highest BCUT2D eigenvalue weighted by Gasteiger charge is 2.33. The van der Waals surface area contributed by atoms with E-state index in [4.69, 9.17) is 5.26 Å². The number of hydrogen-bond donors (Lipinski definition) is 0. The quantitative estimate of drug-likeness (QED) is 0.737. The van der Waals surface area contributed by atoms with Crippen LogP contribution in [0.25, 0.3) is 0 Å². The molecule has 2 heteroatoms. The second-order valence-electron chi connectivity index (χ2n) is 5.72. The van der Waals surface area contributed by atoms with Crippen molar-refractivity contribution >= 4 is 5.78 Å². The first kappa shape index (κ1) is 11.9. The van der Waals surface area contributed by atoms with Gasteiger partial charge in [0.05, 0.1) is 11.6 Å². The van der Waals surface area contributed by atoms with E-state index in [1.54, 1.807) is 0 Å². The second-order valence-corrected chi connectivity index (χ2v) is 5.72. The smallest absolute Gasteiger partial charge is 0.134 e. The van der Waals surface area contributed by atoms with Gasteiger partial charge in [-0.05, 0) is 35.4 Å². The Hall–Kier alpha value is -1.62. The van der Waals surface area contributed by atoms with Gasteiger partial charge in [0.1, 0.15) is 5.78 Å². The summed E-state index contributed by atoms with van der Waals surface area (Å²) >= 11 is 0. The van der Waals surface area contributed by atoms with Crippen LogP contribution < -0.4 is 0 Å². The number of carbonyl (C=O) groups is 1. The van der Waals surface area contributed by atoms with Crippen LogP contribution in [0.3, 0.4) is 0 Å². The van der Waals surface area contributed by atoms with Gasteiger partial charge in [-0.2, -0.15) is 5.26 Å². The highest BCUT2D eigenvalue weighted by Crippen LogP contribution is 2.41. The Balaban J connectivity index is 2.21. The van der Waals surface area contributed by atoms with E-state index < -0.39 is 0 Å². The molecule has 1 aromatic rings. The summed E-state index contributed by atoms with van der Waals surface area (Å²) in [6.07, 6.45) is 2.39. The fraction of sp³-hybridized carbons (Fsp3) is 0.467. The molecule has 0 bridgehead atoms. The number of benzene rings is 1. The van der Waals surface area contributed by atoms with E-state index in [9.17, 15) is 4.79 Å². The van der Waals surface area contributed by atoms with Crippen LogP contribution in [0.4, 0.5) is 0 Å². The number of carbonyl (C=O) groups excluding carboxylic acids is 1. The fourth-order valence-electron chi connectivity index (χ4n) is 2.76. The van der Waals surface area contributed by atoms with Gasteiger partial charge in [0.2, 0.25) is 0 Å². The van der Waals surface area contributed by atoms with E-state index in [0.717, 1.165) is 6.42 Å². The number of hydrogen-bond acceptors (Lipinski definition) is 2. The fourth-order valence-corrected chi connectivity index (χ4v) is 2.76. The van der Waals surface area contributed by atoms with Crippen LogP contribution in [-0.4, -0.2) is 5.78 Å². The zero-order valence-corrected chi connectivity index (χ0v) is 10.4. The molecule has 88 valence electrons. The third-order valence-electron chi connectivity index (χ3n) is 3.46. The average molecular weight is 227 g/mol. The third kappa shape index (κ3) is 2.74. The van der Waals surface area contributed by atoms with Gasteiger partial charge in [-0.3, -0.25) is 4.79 Å². The second kappa shape index (κ2) is 4.33. The van der Waals surface area contributed by atoms with Crippen molar-refractivity contribution in [3.8, 4) is 6.07 Å². The van der Waals surface area contributed by atoms with Gasteiger partial charge >= 0.3 is 0 Å². The molecule has 1 atom stereocenters. The Bertz CT molecular complexity index is 465. The van der Waals surface area contributed by atoms with E-state index >= 15 is 0 Å². The first-order chi connectivity index (χ1) is 8.00. The molecule has 0 heterocycles. The third-order valence-corrected chi connectivity index (χ3v) is 3.46. The van der Waals surface area contributed by atoms with Gasteiger partial charge < -0.3 is 0 Å². The minimum absolute atomic E-state index is 0.105. The molecule has 0 aliphatic heterocycles. The van der Waals surface area contributed by atoms with Gasteiger partial charge in [-0.15, -0.1) is 0 Å². The Kier molecular flexibility index (Phi) is 3.02. The molecule has 1 aliphatic rings. The Morgan fingerprint density at radius 2 is 1.94 bits per heavy atom. The molecule has 2 nitrogen and oxygen atoms in total. The summed E-state index contributed by atoms with van der Waals surface area (Å²) in [5.74, 6) is 0.676. The highest BCUT2D eigenvalue weighted by atomic mass is 16.1. The van der Waals surface area contributed by atoms with Crippen molar-refractivity contribution in [1.82, 2.24) is 0 Å². The minimum atomic E-state index is 0.105. The molecule has 2 rings (SSSR count). The van der Waals surface area contributed by atoms with Crippen molar-refractivity contribution in [2.24, 2.45) is 5.41 Å². The van der Waals surface area contributed by atoms with Gasteiger partial charge in [0.25, 0.3) is 0 Å². The van der Waals surface area contributed by atoms with E-state index in [1.165, 1.54) is 5.56 Å². The normalized spacial score (nSPS) is 23.1. The molecular formula is C15H17NO. The average Bonchev–Trinajstić information content (AvgIpc) is 2.26. The van der Waals surface area contributed by atoms with Crippen LogP contribution in [0.2, 0.25) is 0 Å². The zero-order valence-electron chi connectivity index (χ0n) is 10.4. The summed E-state index contributed by atoms with van der Waals surface area (Å²) in [5.41, 5.74) is 1.97. The van der Waals surface area contributed by atoms with Gasteiger partial charge in [0, 0.05) is 12.8 Å². The Morgan fingerprint density at radius 3 is 2.47 bits per heavy atom. The van der Waals surface area contributed by atoms with E-state index in [0.29, 0.717) is 30.1 Å². The van der Waals surface area contributed by atoms with Crippen LogP contribution in [0.1, 0.15) is 50.2 Å². The summed E-state index contributed by atoms with van der Waals surface area (Å²) in [7, 11) is 0. The van der Waals surface area contributed by atoms with Crippen LogP contribution >= 0.6 is 0 Å². The van der Waals surface area contributed by atoms with Crippen molar-refractivity contribution in [2.75, 3.05) is 0 Å². The molecular weight excluding hydrogens is 210 g/mol. The van der Waals surface area contributed by atoms with Crippen molar-refractivity contribution in [3.05, 3.63) is 35.4 Å². The standard InChI is InChI=1S/C15H17NO/c1-15(2)8-13(7-14(17)9-15)12-5-3-11(10-16)4-6-12/h3-6,13H,7-9H2,1-2H3/t13-/m1/s1. The zero-order chi connectivity index (χ0) is 12.5. The molecule has 0 amide bonds. The Labute approximate surface area is 102 Å². The lowest BCUT2D eigenvalue weighted by Gasteiger charge is -2.34. The Morgan fingerprint density at radius 1 is 1.29 bits per heavy atom. The van der Waals surface area contributed by atoms with E-state index in [1.807, 2.05) is 24.3 Å². The van der Waals surface area contributed by atoms with Crippen LogP contribution in [0.5, 0.6) is 0 Å².